The maximum Gasteiger partial charge on any atom is 0.260 e. The number of benzene rings is 2. The fourth-order valence-corrected chi connectivity index (χ4v) is 3.26. The molecule has 0 aliphatic carbocycles. The summed E-state index contributed by atoms with van der Waals surface area (Å²) in [7, 11) is 0. The monoisotopic (exact) mass is 377 g/mol. The standard InChI is InChI=1S/C22H23N3O3/c1-16-8-10-17(11-9-16)21-23-22(28-24-21)18-6-5-7-19(14-18)27-15-20(26)25-12-3-2-4-13-25/h5-11,14H,2-4,12-13,15H2,1H3. The molecule has 0 atom stereocenters. The molecule has 0 spiro atoms. The highest BCUT2D eigenvalue weighted by molar-refractivity contribution is 5.78. The van der Waals surface area contributed by atoms with Crippen LogP contribution >= 0.6 is 0 Å². The van der Waals surface area contributed by atoms with Crippen molar-refractivity contribution in [3.05, 3.63) is 54.1 Å². The molecule has 3 aromatic rings. The maximum atomic E-state index is 12.3. The Bertz CT molecular complexity index is 944. The van der Waals surface area contributed by atoms with Crippen LogP contribution in [0.4, 0.5) is 0 Å². The first-order chi connectivity index (χ1) is 13.7. The van der Waals surface area contributed by atoms with E-state index in [1.165, 1.54) is 12.0 Å². The van der Waals surface area contributed by atoms with Gasteiger partial charge in [-0.25, -0.2) is 0 Å². The molecule has 4 rings (SSSR count). The van der Waals surface area contributed by atoms with Gasteiger partial charge in [-0.1, -0.05) is 41.1 Å². The molecule has 0 unspecified atom stereocenters. The second kappa shape index (κ2) is 8.25. The predicted octanol–water partition coefficient (Wildman–Crippen LogP) is 4.10. The highest BCUT2D eigenvalue weighted by atomic mass is 16.5. The Labute approximate surface area is 164 Å². The number of carbonyl (C=O) groups is 1. The second-order valence-corrected chi connectivity index (χ2v) is 7.05. The van der Waals surface area contributed by atoms with Crippen molar-refractivity contribution in [2.24, 2.45) is 0 Å². The number of amides is 1. The van der Waals surface area contributed by atoms with Gasteiger partial charge in [-0.05, 0) is 44.4 Å². The SMILES string of the molecule is Cc1ccc(-c2noc(-c3cccc(OCC(=O)N4CCCCC4)c3)n2)cc1. The highest BCUT2D eigenvalue weighted by Gasteiger charge is 2.17. The fourth-order valence-electron chi connectivity index (χ4n) is 3.26. The first-order valence-corrected chi connectivity index (χ1v) is 9.61. The molecule has 1 aromatic heterocycles. The summed E-state index contributed by atoms with van der Waals surface area (Å²) in [6, 6.07) is 15.3. The molecular weight excluding hydrogens is 354 g/mol. The Morgan fingerprint density at radius 3 is 2.64 bits per heavy atom. The van der Waals surface area contributed by atoms with Crippen molar-refractivity contribution in [2.45, 2.75) is 26.2 Å². The Morgan fingerprint density at radius 2 is 1.86 bits per heavy atom. The van der Waals surface area contributed by atoms with E-state index < -0.39 is 0 Å². The normalized spacial score (nSPS) is 14.1. The van der Waals surface area contributed by atoms with Crippen LogP contribution in [0.25, 0.3) is 22.8 Å². The van der Waals surface area contributed by atoms with Crippen molar-refractivity contribution in [2.75, 3.05) is 19.7 Å². The Morgan fingerprint density at radius 1 is 1.07 bits per heavy atom. The van der Waals surface area contributed by atoms with E-state index in [9.17, 15) is 4.79 Å². The predicted molar refractivity (Wildman–Crippen MR) is 106 cm³/mol. The lowest BCUT2D eigenvalue weighted by Gasteiger charge is -2.26. The average molecular weight is 377 g/mol. The molecule has 6 nitrogen and oxygen atoms in total. The van der Waals surface area contributed by atoms with E-state index in [1.54, 1.807) is 0 Å². The van der Waals surface area contributed by atoms with Gasteiger partial charge in [0.1, 0.15) is 5.75 Å². The minimum Gasteiger partial charge on any atom is -0.484 e. The van der Waals surface area contributed by atoms with Crippen LogP contribution in [-0.2, 0) is 4.79 Å². The van der Waals surface area contributed by atoms with Crippen molar-refractivity contribution >= 4 is 5.91 Å². The van der Waals surface area contributed by atoms with Gasteiger partial charge in [-0.15, -0.1) is 0 Å². The number of likely N-dealkylation sites (tertiary alicyclic amines) is 1. The molecule has 0 N–H and O–H groups in total. The average Bonchev–Trinajstić information content (AvgIpc) is 3.24. The fraction of sp³-hybridized carbons (Fsp3) is 0.318. The van der Waals surface area contributed by atoms with E-state index >= 15 is 0 Å². The summed E-state index contributed by atoms with van der Waals surface area (Å²) in [6.07, 6.45) is 3.34. The van der Waals surface area contributed by atoms with Crippen LogP contribution in [-0.4, -0.2) is 40.6 Å². The van der Waals surface area contributed by atoms with Crippen LogP contribution in [0, 0.1) is 6.92 Å². The van der Waals surface area contributed by atoms with Gasteiger partial charge in [-0.3, -0.25) is 4.79 Å². The van der Waals surface area contributed by atoms with Gasteiger partial charge in [-0.2, -0.15) is 4.98 Å². The summed E-state index contributed by atoms with van der Waals surface area (Å²) in [5.74, 6) is 1.60. The van der Waals surface area contributed by atoms with E-state index in [0.717, 1.165) is 37.1 Å². The summed E-state index contributed by atoms with van der Waals surface area (Å²) in [5, 5.41) is 4.07. The number of aryl methyl sites for hydroxylation is 1. The van der Waals surface area contributed by atoms with Crippen LogP contribution in [0.3, 0.4) is 0 Å². The maximum absolute atomic E-state index is 12.3. The van der Waals surface area contributed by atoms with Crippen LogP contribution in [0.15, 0.2) is 53.1 Å². The molecule has 0 saturated carbocycles. The molecular formula is C22H23N3O3. The number of ether oxygens (including phenoxy) is 1. The Kier molecular flexibility index (Phi) is 5.37. The number of carbonyl (C=O) groups excluding carboxylic acids is 1. The zero-order valence-corrected chi connectivity index (χ0v) is 15.9. The van der Waals surface area contributed by atoms with E-state index in [2.05, 4.69) is 10.1 Å². The summed E-state index contributed by atoms with van der Waals surface area (Å²) < 4.78 is 11.1. The largest absolute Gasteiger partial charge is 0.484 e. The molecule has 1 aliphatic rings. The summed E-state index contributed by atoms with van der Waals surface area (Å²) in [6.45, 7) is 3.73. The van der Waals surface area contributed by atoms with E-state index in [1.807, 2.05) is 60.4 Å². The van der Waals surface area contributed by atoms with Crippen LogP contribution in [0.5, 0.6) is 5.75 Å². The van der Waals surface area contributed by atoms with Gasteiger partial charge >= 0.3 is 0 Å². The number of rotatable bonds is 5. The zero-order valence-electron chi connectivity index (χ0n) is 15.9. The van der Waals surface area contributed by atoms with Crippen molar-refractivity contribution < 1.29 is 14.1 Å². The van der Waals surface area contributed by atoms with E-state index in [0.29, 0.717) is 17.5 Å². The van der Waals surface area contributed by atoms with Crippen LogP contribution in [0.2, 0.25) is 0 Å². The quantitative estimate of drug-likeness (QED) is 0.669. The highest BCUT2D eigenvalue weighted by Crippen LogP contribution is 2.25. The molecule has 1 fully saturated rings. The van der Waals surface area contributed by atoms with Crippen LogP contribution in [0.1, 0.15) is 24.8 Å². The smallest absolute Gasteiger partial charge is 0.260 e. The lowest BCUT2D eigenvalue weighted by Crippen LogP contribution is -2.38. The van der Waals surface area contributed by atoms with Crippen molar-refractivity contribution in [1.29, 1.82) is 0 Å². The molecule has 0 radical (unpaired) electrons. The van der Waals surface area contributed by atoms with Crippen molar-refractivity contribution in [3.63, 3.8) is 0 Å². The summed E-state index contributed by atoms with van der Waals surface area (Å²) in [4.78, 5) is 18.6. The van der Waals surface area contributed by atoms with Gasteiger partial charge in [0, 0.05) is 24.2 Å². The zero-order chi connectivity index (χ0) is 19.3. The first-order valence-electron chi connectivity index (χ1n) is 9.61. The van der Waals surface area contributed by atoms with Gasteiger partial charge < -0.3 is 14.2 Å². The molecule has 1 amide bonds. The van der Waals surface area contributed by atoms with Crippen molar-refractivity contribution in [1.82, 2.24) is 15.0 Å². The molecule has 1 saturated heterocycles. The number of aromatic nitrogens is 2. The van der Waals surface area contributed by atoms with Gasteiger partial charge in [0.15, 0.2) is 6.61 Å². The van der Waals surface area contributed by atoms with Crippen LogP contribution < -0.4 is 4.74 Å². The van der Waals surface area contributed by atoms with E-state index in [-0.39, 0.29) is 12.5 Å². The number of hydrogen-bond acceptors (Lipinski definition) is 5. The minimum atomic E-state index is 0.0320. The molecule has 1 aliphatic heterocycles. The molecule has 144 valence electrons. The third-order valence-electron chi connectivity index (χ3n) is 4.89. The third kappa shape index (κ3) is 4.22. The van der Waals surface area contributed by atoms with Gasteiger partial charge in [0.25, 0.3) is 11.8 Å². The third-order valence-corrected chi connectivity index (χ3v) is 4.89. The topological polar surface area (TPSA) is 68.5 Å². The molecule has 2 aromatic carbocycles. The van der Waals surface area contributed by atoms with Gasteiger partial charge in [0.05, 0.1) is 0 Å². The minimum absolute atomic E-state index is 0.0320. The number of piperidine rings is 1. The molecule has 0 bridgehead atoms. The lowest BCUT2D eigenvalue weighted by molar-refractivity contribution is -0.134. The second-order valence-electron chi connectivity index (χ2n) is 7.05. The number of hydrogen-bond donors (Lipinski definition) is 0. The Balaban J connectivity index is 1.43. The first kappa shape index (κ1) is 18.2. The molecule has 2 heterocycles. The molecule has 28 heavy (non-hydrogen) atoms. The number of nitrogens with zero attached hydrogens (tertiary/aromatic N) is 3. The lowest BCUT2D eigenvalue weighted by atomic mass is 10.1. The molecule has 6 heteroatoms. The summed E-state index contributed by atoms with van der Waals surface area (Å²) >= 11 is 0. The van der Waals surface area contributed by atoms with Gasteiger partial charge in [0.2, 0.25) is 5.82 Å². The Hall–Kier alpha value is -3.15. The van der Waals surface area contributed by atoms with E-state index in [4.69, 9.17) is 9.26 Å². The summed E-state index contributed by atoms with van der Waals surface area (Å²) in [5.41, 5.74) is 2.84. The van der Waals surface area contributed by atoms with Crippen molar-refractivity contribution in [3.8, 4) is 28.6 Å².